The van der Waals surface area contributed by atoms with Gasteiger partial charge >= 0.3 is 0 Å². The van der Waals surface area contributed by atoms with Crippen LogP contribution in [0.5, 0.6) is 5.75 Å². The van der Waals surface area contributed by atoms with Crippen LogP contribution in [0.3, 0.4) is 0 Å². The largest absolute Gasteiger partial charge is 0.492 e. The lowest BCUT2D eigenvalue weighted by atomic mass is 10.2. The van der Waals surface area contributed by atoms with Crippen molar-refractivity contribution in [1.29, 1.82) is 0 Å². The van der Waals surface area contributed by atoms with E-state index in [4.69, 9.17) is 4.74 Å². The number of nitrogens with one attached hydrogen (secondary N) is 1. The van der Waals surface area contributed by atoms with Crippen molar-refractivity contribution in [1.82, 2.24) is 5.32 Å². The smallest absolute Gasteiger partial charge is 0.126 e. The molecule has 0 bridgehead atoms. The van der Waals surface area contributed by atoms with E-state index in [0.717, 1.165) is 24.9 Å². The fraction of sp³-hybridized carbons (Fsp3) is 0.571. The predicted molar refractivity (Wildman–Crippen MR) is 69.0 cm³/mol. The van der Waals surface area contributed by atoms with E-state index in [0.29, 0.717) is 18.4 Å². The average molecular weight is 239 g/mol. The Labute approximate surface area is 103 Å². The minimum Gasteiger partial charge on any atom is -0.492 e. The molecule has 96 valence electrons. The topological polar surface area (TPSA) is 21.3 Å². The molecule has 3 heteroatoms. The quantitative estimate of drug-likeness (QED) is 0.788. The van der Waals surface area contributed by atoms with Crippen molar-refractivity contribution in [2.75, 3.05) is 13.2 Å². The van der Waals surface area contributed by atoms with Crippen LogP contribution in [0.1, 0.15) is 32.3 Å². The molecule has 0 amide bonds. The molecule has 0 saturated heterocycles. The zero-order valence-corrected chi connectivity index (χ0v) is 10.9. The third-order valence-corrected chi connectivity index (χ3v) is 2.72. The Kier molecular flexibility index (Phi) is 5.98. The number of benzene rings is 1. The highest BCUT2D eigenvalue weighted by Gasteiger charge is 2.08. The Morgan fingerprint density at radius 3 is 2.76 bits per heavy atom. The molecule has 0 saturated carbocycles. The van der Waals surface area contributed by atoms with Crippen LogP contribution in [0.2, 0.25) is 0 Å². The number of aryl methyl sites for hydroxylation is 1. The predicted octanol–water partition coefficient (Wildman–Crippen LogP) is 3.29. The summed E-state index contributed by atoms with van der Waals surface area (Å²) in [6, 6.07) is 4.99. The molecular formula is C14H22FNO. The second kappa shape index (κ2) is 7.28. The third-order valence-electron chi connectivity index (χ3n) is 2.72. The molecule has 1 rings (SSSR count). The molecule has 0 aliphatic rings. The molecule has 0 radical (unpaired) electrons. The fourth-order valence-electron chi connectivity index (χ4n) is 1.80. The Balaban J connectivity index is 2.55. The van der Waals surface area contributed by atoms with Gasteiger partial charge in [0, 0.05) is 12.1 Å². The maximum Gasteiger partial charge on any atom is 0.126 e. The molecule has 1 N–H and O–H groups in total. The van der Waals surface area contributed by atoms with E-state index < -0.39 is 0 Å². The number of hydrogen-bond acceptors (Lipinski definition) is 2. The van der Waals surface area contributed by atoms with Crippen LogP contribution in [-0.2, 0) is 0 Å². The van der Waals surface area contributed by atoms with E-state index in [1.165, 1.54) is 12.1 Å². The van der Waals surface area contributed by atoms with Gasteiger partial charge in [0.1, 0.15) is 18.2 Å². The molecule has 0 spiro atoms. The maximum atomic E-state index is 13.1. The summed E-state index contributed by atoms with van der Waals surface area (Å²) in [5, 5.41) is 3.37. The van der Waals surface area contributed by atoms with E-state index in [1.807, 2.05) is 6.92 Å². The second-order valence-corrected chi connectivity index (χ2v) is 4.26. The van der Waals surface area contributed by atoms with Crippen molar-refractivity contribution >= 4 is 0 Å². The van der Waals surface area contributed by atoms with Gasteiger partial charge in [-0.25, -0.2) is 4.39 Å². The molecule has 0 aliphatic carbocycles. The van der Waals surface area contributed by atoms with Crippen LogP contribution >= 0.6 is 0 Å². The Morgan fingerprint density at radius 1 is 1.35 bits per heavy atom. The molecule has 2 nitrogen and oxygen atoms in total. The molecule has 1 aromatic carbocycles. The first-order chi connectivity index (χ1) is 8.17. The molecule has 1 aromatic rings. The third kappa shape index (κ3) is 4.73. The van der Waals surface area contributed by atoms with Gasteiger partial charge in [-0.3, -0.25) is 0 Å². The average Bonchev–Trinajstić information content (AvgIpc) is 2.30. The number of ether oxygens (including phenoxy) is 1. The first-order valence-corrected chi connectivity index (χ1v) is 6.29. The van der Waals surface area contributed by atoms with Crippen molar-refractivity contribution in [3.8, 4) is 5.75 Å². The molecule has 1 atom stereocenters. The molecule has 17 heavy (non-hydrogen) atoms. The van der Waals surface area contributed by atoms with E-state index in [2.05, 4.69) is 19.2 Å². The van der Waals surface area contributed by atoms with Crippen molar-refractivity contribution in [3.05, 3.63) is 29.6 Å². The maximum absolute atomic E-state index is 13.1. The molecule has 1 unspecified atom stereocenters. The normalized spacial score (nSPS) is 12.5. The zero-order chi connectivity index (χ0) is 12.7. The minimum atomic E-state index is -0.249. The summed E-state index contributed by atoms with van der Waals surface area (Å²) >= 11 is 0. The van der Waals surface area contributed by atoms with Crippen molar-refractivity contribution in [2.24, 2.45) is 0 Å². The van der Waals surface area contributed by atoms with Crippen LogP contribution < -0.4 is 10.1 Å². The van der Waals surface area contributed by atoms with Gasteiger partial charge < -0.3 is 10.1 Å². The Hall–Kier alpha value is -1.09. The highest BCUT2D eigenvalue weighted by Crippen LogP contribution is 2.19. The highest BCUT2D eigenvalue weighted by atomic mass is 19.1. The summed E-state index contributed by atoms with van der Waals surface area (Å²) in [5.41, 5.74) is 0.971. The van der Waals surface area contributed by atoms with Gasteiger partial charge in [-0.05, 0) is 31.5 Å². The minimum absolute atomic E-state index is 0.249. The standard InChI is InChI=1S/C14H22FNO/c1-4-6-13(16-5-2)10-17-14-9-12(15)8-7-11(14)3/h7-9,13,16H,4-6,10H2,1-3H3. The van der Waals surface area contributed by atoms with Crippen molar-refractivity contribution < 1.29 is 9.13 Å². The van der Waals surface area contributed by atoms with Crippen LogP contribution in [0.15, 0.2) is 18.2 Å². The molecule has 0 fully saturated rings. The van der Waals surface area contributed by atoms with Crippen LogP contribution in [-0.4, -0.2) is 19.2 Å². The van der Waals surface area contributed by atoms with E-state index in [1.54, 1.807) is 6.07 Å². The molecule has 0 aromatic heterocycles. The fourth-order valence-corrected chi connectivity index (χ4v) is 1.80. The second-order valence-electron chi connectivity index (χ2n) is 4.26. The van der Waals surface area contributed by atoms with E-state index >= 15 is 0 Å². The summed E-state index contributed by atoms with van der Waals surface area (Å²) in [6.07, 6.45) is 2.19. The van der Waals surface area contributed by atoms with Crippen molar-refractivity contribution in [3.63, 3.8) is 0 Å². The molecule has 0 heterocycles. The number of hydrogen-bond donors (Lipinski definition) is 1. The summed E-state index contributed by atoms with van der Waals surface area (Å²) in [7, 11) is 0. The van der Waals surface area contributed by atoms with Crippen LogP contribution in [0.4, 0.5) is 4.39 Å². The van der Waals surface area contributed by atoms with Gasteiger partial charge in [-0.2, -0.15) is 0 Å². The van der Waals surface area contributed by atoms with Gasteiger partial charge in [0.25, 0.3) is 0 Å². The van der Waals surface area contributed by atoms with Gasteiger partial charge in [-0.1, -0.05) is 26.3 Å². The molecular weight excluding hydrogens is 217 g/mol. The van der Waals surface area contributed by atoms with Gasteiger partial charge in [-0.15, -0.1) is 0 Å². The molecule has 0 aliphatic heterocycles. The monoisotopic (exact) mass is 239 g/mol. The van der Waals surface area contributed by atoms with Gasteiger partial charge in [0.15, 0.2) is 0 Å². The Morgan fingerprint density at radius 2 is 2.12 bits per heavy atom. The van der Waals surface area contributed by atoms with Gasteiger partial charge in [0.2, 0.25) is 0 Å². The number of likely N-dealkylation sites (N-methyl/N-ethyl adjacent to an activating group) is 1. The number of rotatable bonds is 7. The van der Waals surface area contributed by atoms with Gasteiger partial charge in [0.05, 0.1) is 0 Å². The first-order valence-electron chi connectivity index (χ1n) is 6.29. The van der Waals surface area contributed by atoms with Crippen LogP contribution in [0.25, 0.3) is 0 Å². The lowest BCUT2D eigenvalue weighted by Crippen LogP contribution is -2.34. The van der Waals surface area contributed by atoms with Crippen molar-refractivity contribution in [2.45, 2.75) is 39.7 Å². The Bertz CT molecular complexity index is 335. The summed E-state index contributed by atoms with van der Waals surface area (Å²) < 4.78 is 18.8. The van der Waals surface area contributed by atoms with E-state index in [9.17, 15) is 4.39 Å². The lowest BCUT2D eigenvalue weighted by molar-refractivity contribution is 0.255. The summed E-state index contributed by atoms with van der Waals surface area (Å²) in [6.45, 7) is 7.67. The zero-order valence-electron chi connectivity index (χ0n) is 10.9. The summed E-state index contributed by atoms with van der Waals surface area (Å²) in [5.74, 6) is 0.394. The van der Waals surface area contributed by atoms with E-state index in [-0.39, 0.29) is 5.82 Å². The lowest BCUT2D eigenvalue weighted by Gasteiger charge is -2.18. The first kappa shape index (κ1) is 14.0. The van der Waals surface area contributed by atoms with Crippen LogP contribution in [0, 0.1) is 12.7 Å². The summed E-state index contributed by atoms with van der Waals surface area (Å²) in [4.78, 5) is 0. The SMILES string of the molecule is CCCC(COc1cc(F)ccc1C)NCC. The highest BCUT2D eigenvalue weighted by molar-refractivity contribution is 5.32. The number of halogens is 1.